The smallest absolute Gasteiger partial charge is 0.326 e. The summed E-state index contributed by atoms with van der Waals surface area (Å²) in [5.74, 6) is -4.85. The number of carbonyl (C=O) groups excluding carboxylic acids is 3. The number of benzene rings is 1. The van der Waals surface area contributed by atoms with Crippen molar-refractivity contribution in [3.63, 3.8) is 0 Å². The predicted molar refractivity (Wildman–Crippen MR) is 141 cm³/mol. The van der Waals surface area contributed by atoms with Crippen molar-refractivity contribution in [3.05, 3.63) is 35.9 Å². The van der Waals surface area contributed by atoms with E-state index in [1.807, 2.05) is 6.92 Å². The molecule has 12 heteroatoms. The molecule has 5 atom stereocenters. The summed E-state index contributed by atoms with van der Waals surface area (Å²) >= 11 is 0. The van der Waals surface area contributed by atoms with E-state index < -0.39 is 60.2 Å². The van der Waals surface area contributed by atoms with E-state index in [4.69, 9.17) is 16.6 Å². The van der Waals surface area contributed by atoms with E-state index in [1.165, 1.54) is 0 Å². The lowest BCUT2D eigenvalue weighted by Gasteiger charge is -2.28. The van der Waals surface area contributed by atoms with Crippen LogP contribution in [0.15, 0.2) is 30.3 Å². The summed E-state index contributed by atoms with van der Waals surface area (Å²) in [6.45, 7) is 4.05. The highest BCUT2D eigenvalue weighted by Gasteiger charge is 2.32. The SMILES string of the molecule is CCC(C)C(NC(=O)C(N)CCCCN)C(=O)NC(CCC(=O)O)C(=O)NC(Cc1ccccc1)C(=O)O. The molecule has 3 amide bonds. The number of rotatable bonds is 18. The molecule has 1 rings (SSSR count). The van der Waals surface area contributed by atoms with Gasteiger partial charge < -0.3 is 37.6 Å². The van der Waals surface area contributed by atoms with Gasteiger partial charge in [0.15, 0.2) is 0 Å². The van der Waals surface area contributed by atoms with Gasteiger partial charge in [0.1, 0.15) is 18.1 Å². The minimum atomic E-state index is -1.34. The Kier molecular flexibility index (Phi) is 14.6. The van der Waals surface area contributed by atoms with Crippen LogP contribution < -0.4 is 27.4 Å². The normalized spacial score (nSPS) is 14.8. The Balaban J connectivity index is 3.02. The molecule has 0 fully saturated rings. The maximum Gasteiger partial charge on any atom is 0.326 e. The number of nitrogens with two attached hydrogens (primary N) is 2. The molecule has 0 bridgehead atoms. The van der Waals surface area contributed by atoms with Crippen LogP contribution in [0.25, 0.3) is 0 Å². The lowest BCUT2D eigenvalue weighted by Crippen LogP contribution is -2.58. The molecule has 12 nitrogen and oxygen atoms in total. The molecule has 212 valence electrons. The van der Waals surface area contributed by atoms with Gasteiger partial charge in [-0.15, -0.1) is 0 Å². The highest BCUT2D eigenvalue weighted by Crippen LogP contribution is 2.11. The van der Waals surface area contributed by atoms with Gasteiger partial charge in [0.05, 0.1) is 6.04 Å². The van der Waals surface area contributed by atoms with Crippen molar-refractivity contribution in [1.82, 2.24) is 16.0 Å². The first-order valence-corrected chi connectivity index (χ1v) is 12.8. The van der Waals surface area contributed by atoms with E-state index in [9.17, 15) is 29.1 Å². The van der Waals surface area contributed by atoms with Crippen LogP contribution in [0, 0.1) is 5.92 Å². The second-order valence-electron chi connectivity index (χ2n) is 9.35. The molecule has 0 saturated carbocycles. The summed E-state index contributed by atoms with van der Waals surface area (Å²) in [6.07, 6.45) is 1.54. The number of hydrogen-bond donors (Lipinski definition) is 7. The van der Waals surface area contributed by atoms with Gasteiger partial charge in [0, 0.05) is 12.8 Å². The zero-order chi connectivity index (χ0) is 28.7. The van der Waals surface area contributed by atoms with Gasteiger partial charge in [-0.1, -0.05) is 57.0 Å². The first-order chi connectivity index (χ1) is 18.0. The third kappa shape index (κ3) is 11.7. The lowest BCUT2D eigenvalue weighted by molar-refractivity contribution is -0.143. The molecule has 38 heavy (non-hydrogen) atoms. The molecule has 0 saturated heterocycles. The van der Waals surface area contributed by atoms with E-state index in [2.05, 4.69) is 16.0 Å². The molecule has 1 aromatic carbocycles. The van der Waals surface area contributed by atoms with Crippen LogP contribution in [0.1, 0.15) is 57.9 Å². The first kappa shape index (κ1) is 32.5. The van der Waals surface area contributed by atoms with Crippen molar-refractivity contribution in [1.29, 1.82) is 0 Å². The molecule has 5 unspecified atom stereocenters. The fraction of sp³-hybridized carbons (Fsp3) is 0.577. The van der Waals surface area contributed by atoms with Crippen LogP contribution in [-0.2, 0) is 30.4 Å². The van der Waals surface area contributed by atoms with Crippen molar-refractivity contribution >= 4 is 29.7 Å². The Hall–Kier alpha value is -3.51. The number of amides is 3. The van der Waals surface area contributed by atoms with Crippen LogP contribution in [0.3, 0.4) is 0 Å². The number of hydrogen-bond acceptors (Lipinski definition) is 7. The minimum absolute atomic E-state index is 0.00486. The standard InChI is InChI=1S/C26H41N5O7/c1-3-16(2)22(31-23(34)18(28)11-7-8-14-27)25(36)29-19(12-13-21(32)33)24(35)30-20(26(37)38)15-17-9-5-4-6-10-17/h4-6,9-10,16,18-20,22H,3,7-8,11-15,27-28H2,1-2H3,(H,29,36)(H,30,35)(H,31,34)(H,32,33)(H,37,38). The van der Waals surface area contributed by atoms with Gasteiger partial charge in [-0.3, -0.25) is 19.2 Å². The van der Waals surface area contributed by atoms with E-state index in [-0.39, 0.29) is 18.8 Å². The van der Waals surface area contributed by atoms with Gasteiger partial charge in [-0.2, -0.15) is 0 Å². The maximum absolute atomic E-state index is 13.2. The predicted octanol–water partition coefficient (Wildman–Crippen LogP) is 0.135. The summed E-state index contributed by atoms with van der Waals surface area (Å²) in [5, 5.41) is 26.3. The number of aliphatic carboxylic acids is 2. The Labute approximate surface area is 222 Å². The minimum Gasteiger partial charge on any atom is -0.481 e. The van der Waals surface area contributed by atoms with Crippen molar-refractivity contribution in [2.75, 3.05) is 6.54 Å². The molecule has 9 N–H and O–H groups in total. The fourth-order valence-corrected chi connectivity index (χ4v) is 3.72. The van der Waals surface area contributed by atoms with Gasteiger partial charge in [0.2, 0.25) is 17.7 Å². The largest absolute Gasteiger partial charge is 0.481 e. The Morgan fingerprint density at radius 1 is 0.868 bits per heavy atom. The zero-order valence-corrected chi connectivity index (χ0v) is 22.0. The molecular formula is C26H41N5O7. The molecule has 0 aliphatic rings. The van der Waals surface area contributed by atoms with E-state index in [1.54, 1.807) is 37.3 Å². The van der Waals surface area contributed by atoms with Crippen molar-refractivity contribution in [2.45, 2.75) is 83.0 Å². The summed E-state index contributed by atoms with van der Waals surface area (Å²) in [6, 6.07) is 4.16. The average molecular weight is 536 g/mol. The van der Waals surface area contributed by atoms with Crippen LogP contribution >= 0.6 is 0 Å². The summed E-state index contributed by atoms with van der Waals surface area (Å²) < 4.78 is 0. The number of carboxylic acid groups (broad SMARTS) is 2. The summed E-state index contributed by atoms with van der Waals surface area (Å²) in [4.78, 5) is 61.9. The second-order valence-corrected chi connectivity index (χ2v) is 9.35. The fourth-order valence-electron chi connectivity index (χ4n) is 3.72. The van der Waals surface area contributed by atoms with Crippen LogP contribution in [0.4, 0.5) is 0 Å². The third-order valence-corrected chi connectivity index (χ3v) is 6.28. The number of carboxylic acids is 2. The number of unbranched alkanes of at least 4 members (excludes halogenated alkanes) is 1. The quantitative estimate of drug-likeness (QED) is 0.127. The molecule has 0 radical (unpaired) electrons. The first-order valence-electron chi connectivity index (χ1n) is 12.8. The van der Waals surface area contributed by atoms with Crippen molar-refractivity contribution in [3.8, 4) is 0 Å². The second kappa shape index (κ2) is 17.1. The summed E-state index contributed by atoms with van der Waals surface area (Å²) in [5.41, 5.74) is 12.1. The molecule has 1 aromatic rings. The van der Waals surface area contributed by atoms with Crippen LogP contribution in [0.2, 0.25) is 0 Å². The van der Waals surface area contributed by atoms with Crippen molar-refractivity contribution in [2.24, 2.45) is 17.4 Å². The molecular weight excluding hydrogens is 494 g/mol. The highest BCUT2D eigenvalue weighted by atomic mass is 16.4. The van der Waals surface area contributed by atoms with Gasteiger partial charge in [-0.25, -0.2) is 4.79 Å². The van der Waals surface area contributed by atoms with E-state index in [0.29, 0.717) is 37.8 Å². The Bertz CT molecular complexity index is 928. The van der Waals surface area contributed by atoms with E-state index in [0.717, 1.165) is 0 Å². The van der Waals surface area contributed by atoms with Crippen LogP contribution in [0.5, 0.6) is 0 Å². The Morgan fingerprint density at radius 3 is 2.05 bits per heavy atom. The topological polar surface area (TPSA) is 214 Å². The molecule has 0 heterocycles. The monoisotopic (exact) mass is 535 g/mol. The molecule has 0 spiro atoms. The average Bonchev–Trinajstić information content (AvgIpc) is 2.88. The van der Waals surface area contributed by atoms with Crippen LogP contribution in [-0.4, -0.2) is 70.6 Å². The zero-order valence-electron chi connectivity index (χ0n) is 22.0. The molecule has 0 aromatic heterocycles. The Morgan fingerprint density at radius 2 is 1.50 bits per heavy atom. The lowest BCUT2D eigenvalue weighted by atomic mass is 9.96. The van der Waals surface area contributed by atoms with E-state index >= 15 is 0 Å². The molecule has 0 aliphatic carbocycles. The van der Waals surface area contributed by atoms with Crippen molar-refractivity contribution < 1.29 is 34.2 Å². The summed E-state index contributed by atoms with van der Waals surface area (Å²) in [7, 11) is 0. The number of carbonyl (C=O) groups is 5. The number of nitrogens with one attached hydrogen (secondary N) is 3. The van der Waals surface area contributed by atoms with Gasteiger partial charge in [0.25, 0.3) is 0 Å². The third-order valence-electron chi connectivity index (χ3n) is 6.28. The van der Waals surface area contributed by atoms with Gasteiger partial charge in [-0.05, 0) is 37.3 Å². The molecule has 0 aliphatic heterocycles. The maximum atomic E-state index is 13.2. The van der Waals surface area contributed by atoms with Gasteiger partial charge >= 0.3 is 11.9 Å². The highest BCUT2D eigenvalue weighted by molar-refractivity contribution is 5.94.